The standard InChI is InChI=1S/C18H19F3N4O4S/c1-17(2,3)30(26,27)14-9-25-11(8-23-15(25)7-13(14)28-4)10-5-6-12(16(22)24-10)29-18(19,20)21/h5-9H,1-4H3,(H2,22,24). The molecule has 3 rings (SSSR count). The van der Waals surface area contributed by atoms with E-state index in [2.05, 4.69) is 14.7 Å². The third-order valence-electron chi connectivity index (χ3n) is 4.26. The van der Waals surface area contributed by atoms with E-state index in [4.69, 9.17) is 10.5 Å². The molecule has 0 bridgehead atoms. The van der Waals surface area contributed by atoms with Crippen molar-refractivity contribution in [2.45, 2.75) is 36.8 Å². The predicted octanol–water partition coefficient (Wildman–Crippen LogP) is 3.46. The molecule has 0 radical (unpaired) electrons. The number of nitrogen functional groups attached to an aromatic ring is 1. The number of imidazole rings is 1. The molecule has 0 saturated carbocycles. The fraction of sp³-hybridized carbons (Fsp3) is 0.333. The van der Waals surface area contributed by atoms with Gasteiger partial charge in [0.25, 0.3) is 0 Å². The summed E-state index contributed by atoms with van der Waals surface area (Å²) in [5, 5.41) is 0. The van der Waals surface area contributed by atoms with Crippen LogP contribution in [0.4, 0.5) is 19.0 Å². The Hall–Kier alpha value is -3.02. The molecule has 0 aliphatic rings. The minimum absolute atomic E-state index is 0.0609. The van der Waals surface area contributed by atoms with E-state index in [0.29, 0.717) is 11.3 Å². The van der Waals surface area contributed by atoms with Gasteiger partial charge in [0.2, 0.25) is 0 Å². The van der Waals surface area contributed by atoms with Crippen LogP contribution in [-0.2, 0) is 9.84 Å². The quantitative estimate of drug-likeness (QED) is 0.656. The summed E-state index contributed by atoms with van der Waals surface area (Å²) in [4.78, 5) is 8.08. The zero-order valence-corrected chi connectivity index (χ0v) is 17.3. The van der Waals surface area contributed by atoms with Crippen molar-refractivity contribution in [3.05, 3.63) is 30.6 Å². The van der Waals surface area contributed by atoms with E-state index in [1.54, 1.807) is 20.8 Å². The van der Waals surface area contributed by atoms with Gasteiger partial charge in [-0.05, 0) is 32.9 Å². The number of aromatic nitrogens is 3. The Kier molecular flexibility index (Phi) is 5.09. The number of sulfone groups is 1. The SMILES string of the molecule is COc1cc2ncc(-c3ccc(OC(F)(F)F)c(N)n3)n2cc1S(=O)(=O)C(C)(C)C. The van der Waals surface area contributed by atoms with Crippen LogP contribution in [0.1, 0.15) is 20.8 Å². The lowest BCUT2D eigenvalue weighted by Crippen LogP contribution is -2.28. The number of halogens is 3. The summed E-state index contributed by atoms with van der Waals surface area (Å²) in [7, 11) is -2.44. The first-order chi connectivity index (χ1) is 13.7. The molecule has 0 aliphatic carbocycles. The number of hydrogen-bond donors (Lipinski definition) is 1. The molecule has 30 heavy (non-hydrogen) atoms. The third kappa shape index (κ3) is 3.86. The highest BCUT2D eigenvalue weighted by Crippen LogP contribution is 2.35. The van der Waals surface area contributed by atoms with Gasteiger partial charge in [-0.25, -0.2) is 18.4 Å². The van der Waals surface area contributed by atoms with Crippen molar-refractivity contribution < 1.29 is 31.1 Å². The third-order valence-corrected chi connectivity index (χ3v) is 6.76. The first-order valence-corrected chi connectivity index (χ1v) is 10.1. The number of methoxy groups -OCH3 is 1. The number of fused-ring (bicyclic) bond motifs is 1. The molecule has 162 valence electrons. The number of pyridine rings is 2. The highest BCUT2D eigenvalue weighted by Gasteiger charge is 2.35. The summed E-state index contributed by atoms with van der Waals surface area (Å²) in [6, 6.07) is 3.75. The average Bonchev–Trinajstić information content (AvgIpc) is 3.03. The van der Waals surface area contributed by atoms with Crippen molar-refractivity contribution >= 4 is 21.3 Å². The smallest absolute Gasteiger partial charge is 0.495 e. The van der Waals surface area contributed by atoms with Gasteiger partial charge in [0, 0.05) is 12.3 Å². The van der Waals surface area contributed by atoms with Gasteiger partial charge in [0.05, 0.1) is 29.4 Å². The topological polar surface area (TPSA) is 109 Å². The highest BCUT2D eigenvalue weighted by atomic mass is 32.2. The summed E-state index contributed by atoms with van der Waals surface area (Å²) in [6.45, 7) is 4.67. The van der Waals surface area contributed by atoms with Gasteiger partial charge in [0.1, 0.15) is 16.3 Å². The first kappa shape index (κ1) is 21.7. The van der Waals surface area contributed by atoms with Crippen LogP contribution >= 0.6 is 0 Å². The Morgan fingerprint density at radius 1 is 1.13 bits per heavy atom. The number of anilines is 1. The van der Waals surface area contributed by atoms with E-state index >= 15 is 0 Å². The summed E-state index contributed by atoms with van der Waals surface area (Å²) in [5.74, 6) is -0.996. The molecular formula is C18H19F3N4O4S. The molecule has 0 unspecified atom stereocenters. The van der Waals surface area contributed by atoms with Crippen LogP contribution in [0, 0.1) is 0 Å². The normalized spacial score (nSPS) is 12.9. The van der Waals surface area contributed by atoms with Gasteiger partial charge in [-0.1, -0.05) is 0 Å². The van der Waals surface area contributed by atoms with E-state index < -0.39 is 32.5 Å². The Bertz CT molecular complexity index is 1210. The van der Waals surface area contributed by atoms with Crippen LogP contribution < -0.4 is 15.2 Å². The maximum Gasteiger partial charge on any atom is 0.573 e. The second kappa shape index (κ2) is 7.04. The van der Waals surface area contributed by atoms with Crippen molar-refractivity contribution in [2.24, 2.45) is 0 Å². The zero-order valence-electron chi connectivity index (χ0n) is 16.5. The monoisotopic (exact) mass is 444 g/mol. The first-order valence-electron chi connectivity index (χ1n) is 8.57. The molecule has 0 atom stereocenters. The van der Waals surface area contributed by atoms with Crippen LogP contribution in [-0.4, -0.2) is 41.0 Å². The molecule has 2 N–H and O–H groups in total. The lowest BCUT2D eigenvalue weighted by atomic mass is 10.2. The van der Waals surface area contributed by atoms with Crippen molar-refractivity contribution in [3.8, 4) is 22.9 Å². The van der Waals surface area contributed by atoms with Gasteiger partial charge >= 0.3 is 6.36 Å². The van der Waals surface area contributed by atoms with Gasteiger partial charge in [-0.15, -0.1) is 13.2 Å². The molecule has 0 saturated heterocycles. The molecule has 0 aromatic carbocycles. The Labute approximate surface area is 170 Å². The van der Waals surface area contributed by atoms with Crippen LogP contribution in [0.25, 0.3) is 17.0 Å². The van der Waals surface area contributed by atoms with Gasteiger partial charge in [-0.2, -0.15) is 0 Å². The number of ether oxygens (including phenoxy) is 2. The summed E-state index contributed by atoms with van der Waals surface area (Å²) >= 11 is 0. The average molecular weight is 444 g/mol. The second-order valence-corrected chi connectivity index (χ2v) is 9.99. The van der Waals surface area contributed by atoms with E-state index in [1.165, 1.54) is 36.0 Å². The van der Waals surface area contributed by atoms with Crippen molar-refractivity contribution in [3.63, 3.8) is 0 Å². The van der Waals surface area contributed by atoms with Crippen molar-refractivity contribution in [2.75, 3.05) is 12.8 Å². The Morgan fingerprint density at radius 3 is 2.33 bits per heavy atom. The zero-order chi connectivity index (χ0) is 22.5. The van der Waals surface area contributed by atoms with E-state index in [9.17, 15) is 21.6 Å². The van der Waals surface area contributed by atoms with E-state index in [0.717, 1.165) is 6.07 Å². The highest BCUT2D eigenvalue weighted by molar-refractivity contribution is 7.92. The maximum absolute atomic E-state index is 13.0. The predicted molar refractivity (Wildman–Crippen MR) is 103 cm³/mol. The van der Waals surface area contributed by atoms with Crippen molar-refractivity contribution in [1.29, 1.82) is 0 Å². The second-order valence-electron chi connectivity index (χ2n) is 7.32. The van der Waals surface area contributed by atoms with Crippen LogP contribution in [0.5, 0.6) is 11.5 Å². The fourth-order valence-corrected chi connectivity index (χ4v) is 3.99. The molecule has 3 aromatic heterocycles. The molecule has 8 nitrogen and oxygen atoms in total. The lowest BCUT2D eigenvalue weighted by molar-refractivity contribution is -0.274. The van der Waals surface area contributed by atoms with Crippen LogP contribution in [0.2, 0.25) is 0 Å². The molecule has 3 aromatic rings. The number of nitrogens with two attached hydrogens (primary N) is 1. The molecule has 0 aliphatic heterocycles. The molecule has 3 heterocycles. The van der Waals surface area contributed by atoms with Gasteiger partial charge < -0.3 is 15.2 Å². The fourth-order valence-electron chi connectivity index (χ4n) is 2.68. The minimum Gasteiger partial charge on any atom is -0.495 e. The van der Waals surface area contributed by atoms with Crippen molar-refractivity contribution in [1.82, 2.24) is 14.4 Å². The van der Waals surface area contributed by atoms with Gasteiger partial charge in [-0.3, -0.25) is 4.40 Å². The summed E-state index contributed by atoms with van der Waals surface area (Å²) in [5.41, 5.74) is 6.45. The number of hydrogen-bond acceptors (Lipinski definition) is 7. The largest absolute Gasteiger partial charge is 0.573 e. The Morgan fingerprint density at radius 2 is 1.80 bits per heavy atom. The Balaban J connectivity index is 2.18. The number of rotatable bonds is 4. The van der Waals surface area contributed by atoms with Gasteiger partial charge in [0.15, 0.2) is 21.4 Å². The summed E-state index contributed by atoms with van der Waals surface area (Å²) in [6.07, 6.45) is -2.17. The molecular weight excluding hydrogens is 425 g/mol. The van der Waals surface area contributed by atoms with E-state index in [1.807, 2.05) is 0 Å². The molecule has 0 fully saturated rings. The van der Waals surface area contributed by atoms with Crippen LogP contribution in [0.3, 0.4) is 0 Å². The molecule has 0 spiro atoms. The lowest BCUT2D eigenvalue weighted by Gasteiger charge is -2.21. The number of nitrogens with zero attached hydrogens (tertiary/aromatic N) is 3. The number of alkyl halides is 3. The minimum atomic E-state index is -4.91. The molecule has 12 heteroatoms. The summed E-state index contributed by atoms with van der Waals surface area (Å²) < 4.78 is 72.7. The van der Waals surface area contributed by atoms with Crippen LogP contribution in [0.15, 0.2) is 35.5 Å². The molecule has 0 amide bonds. The van der Waals surface area contributed by atoms with E-state index in [-0.39, 0.29) is 16.3 Å². The maximum atomic E-state index is 13.0.